The van der Waals surface area contributed by atoms with Crippen molar-refractivity contribution in [1.82, 2.24) is 15.0 Å². The van der Waals surface area contributed by atoms with Crippen molar-refractivity contribution in [3.05, 3.63) is 163 Å². The number of para-hydroxylation sites is 1. The van der Waals surface area contributed by atoms with E-state index < -0.39 is 252 Å². The molecule has 4 heteroatoms. The van der Waals surface area contributed by atoms with Gasteiger partial charge in [0.25, 0.3) is 0 Å². The Morgan fingerprint density at radius 2 is 0.915 bits per heavy atom. The van der Waals surface area contributed by atoms with Crippen molar-refractivity contribution in [2.45, 2.75) is 0 Å². The van der Waals surface area contributed by atoms with Gasteiger partial charge in [0, 0.05) is 27.5 Å². The Kier molecular flexibility index (Phi) is 2.66. The van der Waals surface area contributed by atoms with E-state index in [0.717, 1.165) is 0 Å². The first-order valence-electron chi connectivity index (χ1n) is 27.0. The molecule has 0 unspecified atom stereocenters. The number of benzene rings is 7. The van der Waals surface area contributed by atoms with Gasteiger partial charge in [-0.15, -0.1) is 0 Å². The van der Waals surface area contributed by atoms with Gasteiger partial charge in [0.05, 0.1) is 37.0 Å². The van der Waals surface area contributed by atoms with Crippen LogP contribution in [0.2, 0.25) is 0 Å². The predicted molar refractivity (Wildman–Crippen MR) is 192 cm³/mol. The molecule has 2 heterocycles. The Balaban J connectivity index is 1.50. The fourth-order valence-electron chi connectivity index (χ4n) is 4.71. The molecule has 7 aromatic carbocycles. The molecule has 0 aliphatic carbocycles. The maximum Gasteiger partial charge on any atom is 0.164 e. The summed E-state index contributed by atoms with van der Waals surface area (Å²) in [6.07, 6.45) is 0. The van der Waals surface area contributed by atoms with E-state index >= 15 is 0 Å². The Hall–Kier alpha value is -6.39. The summed E-state index contributed by atoms with van der Waals surface area (Å²) in [7, 11) is 0. The third kappa shape index (κ3) is 4.93. The summed E-state index contributed by atoms with van der Waals surface area (Å²) >= 11 is 0. The van der Waals surface area contributed by atoms with Gasteiger partial charge in [-0.2, -0.15) is 0 Å². The van der Waals surface area contributed by atoms with Crippen molar-refractivity contribution < 1.29 is 41.4 Å². The third-order valence-electron chi connectivity index (χ3n) is 6.75. The lowest BCUT2D eigenvalue weighted by Gasteiger charge is -2.12. The van der Waals surface area contributed by atoms with Gasteiger partial charge < -0.3 is 4.42 Å². The van der Waals surface area contributed by atoms with Crippen molar-refractivity contribution >= 4 is 32.7 Å². The molecular weight excluding hydrogens is 574 g/mol. The van der Waals surface area contributed by atoms with E-state index in [-0.39, 0.29) is 0 Å². The lowest BCUT2D eigenvalue weighted by atomic mass is 9.98. The van der Waals surface area contributed by atoms with Crippen molar-refractivity contribution in [2.24, 2.45) is 0 Å². The zero-order chi connectivity index (χ0) is 54.7. The monoisotopic (exact) mass is 628 g/mol. The van der Waals surface area contributed by atoms with Gasteiger partial charge in [-0.25, -0.2) is 15.0 Å². The van der Waals surface area contributed by atoms with Crippen LogP contribution in [0.25, 0.3) is 89.1 Å². The highest BCUT2D eigenvalue weighted by atomic mass is 16.3. The molecule has 0 bridgehead atoms. The Labute approximate surface area is 309 Å². The third-order valence-corrected chi connectivity index (χ3v) is 6.75. The van der Waals surface area contributed by atoms with Crippen molar-refractivity contribution in [3.8, 4) is 56.4 Å². The van der Waals surface area contributed by atoms with Gasteiger partial charge >= 0.3 is 0 Å². The number of aromatic nitrogens is 3. The minimum absolute atomic E-state index is 0.511. The van der Waals surface area contributed by atoms with Crippen molar-refractivity contribution in [2.75, 3.05) is 0 Å². The first kappa shape index (κ1) is 11.1. The minimum atomic E-state index is -1.02. The molecule has 0 amide bonds. The summed E-state index contributed by atoms with van der Waals surface area (Å²) in [6.45, 7) is 0. The number of rotatable bonds is 5. The van der Waals surface area contributed by atoms with E-state index in [4.69, 9.17) is 33.2 Å². The van der Waals surface area contributed by atoms with Crippen LogP contribution >= 0.6 is 0 Å². The van der Waals surface area contributed by atoms with Crippen LogP contribution in [0.1, 0.15) is 37.0 Å². The highest BCUT2D eigenvalue weighted by Crippen LogP contribution is 2.40. The normalized spacial score (nSPS) is 19.4. The molecule has 0 saturated carbocycles. The second-order valence-corrected chi connectivity index (χ2v) is 9.57. The minimum Gasteiger partial charge on any atom is -0.456 e. The maximum atomic E-state index is 9.78. The topological polar surface area (TPSA) is 51.8 Å². The summed E-state index contributed by atoms with van der Waals surface area (Å²) in [6, 6.07) is -24.3. The Morgan fingerprint density at radius 1 is 0.383 bits per heavy atom. The SMILES string of the molecule is [2H]c1c([2H])c([2H])c(-c2nc(-c3c([2H])c([2H])c4c([2H])c(-c5c([2H])c([2H])c([2H])c([2H])c5[2H])c([2H])c([2H])c4c3[2H])nc(-c3c([2H])c(-c4c([2H])c([2H])c([2H])c([2H])c4[2H])c([2H])c4oc5c([2H])c([2H])c([2H])c([2H])c5c34)n2)c([2H])c1[2H]. The first-order valence-corrected chi connectivity index (χ1v) is 13.5. The molecule has 0 spiro atoms. The molecule has 0 aliphatic heterocycles. The molecule has 2 aromatic heterocycles. The summed E-state index contributed by atoms with van der Waals surface area (Å²) in [5.41, 5.74) is -6.56. The van der Waals surface area contributed by atoms with E-state index in [1.807, 2.05) is 0 Å². The predicted octanol–water partition coefficient (Wildman–Crippen LogP) is 11.3. The zero-order valence-electron chi connectivity index (χ0n) is 50.2. The number of furan rings is 1. The number of hydrogen-bond acceptors (Lipinski definition) is 4. The molecule has 0 fully saturated rings. The molecule has 0 atom stereocenters. The van der Waals surface area contributed by atoms with Crippen molar-refractivity contribution in [1.29, 1.82) is 0 Å². The van der Waals surface area contributed by atoms with Gasteiger partial charge in [-0.05, 0) is 63.2 Å². The van der Waals surface area contributed by atoms with Gasteiger partial charge in [-0.3, -0.25) is 0 Å². The smallest absolute Gasteiger partial charge is 0.164 e. The fourth-order valence-corrected chi connectivity index (χ4v) is 4.71. The lowest BCUT2D eigenvalue weighted by molar-refractivity contribution is 0.669. The lowest BCUT2D eigenvalue weighted by Crippen LogP contribution is -2.00. The zero-order valence-corrected chi connectivity index (χ0v) is 23.2. The summed E-state index contributed by atoms with van der Waals surface area (Å²) < 4.78 is 242. The molecule has 220 valence electrons. The number of hydrogen-bond donors (Lipinski definition) is 0. The number of nitrogens with zero attached hydrogens (tertiary/aromatic N) is 3. The molecule has 0 N–H and O–H groups in total. The molecule has 0 saturated heterocycles. The van der Waals surface area contributed by atoms with Gasteiger partial charge in [0.2, 0.25) is 0 Å². The van der Waals surface area contributed by atoms with Crippen LogP contribution in [0.3, 0.4) is 0 Å². The molecule has 9 rings (SSSR count). The molecule has 0 radical (unpaired) electrons. The molecule has 9 aromatic rings. The van der Waals surface area contributed by atoms with Gasteiger partial charge in [-0.1, -0.05) is 133 Å². The van der Waals surface area contributed by atoms with E-state index in [0.29, 0.717) is 0 Å². The van der Waals surface area contributed by atoms with Gasteiger partial charge in [0.15, 0.2) is 17.5 Å². The molecule has 4 nitrogen and oxygen atoms in total. The average molecular weight is 629 g/mol. The molecule has 47 heavy (non-hydrogen) atoms. The second-order valence-electron chi connectivity index (χ2n) is 9.57. The molecular formula is C43H27N3O. The van der Waals surface area contributed by atoms with Crippen LogP contribution < -0.4 is 0 Å². The largest absolute Gasteiger partial charge is 0.456 e. The summed E-state index contributed by atoms with van der Waals surface area (Å²) in [5, 5.41) is -2.44. The van der Waals surface area contributed by atoms with E-state index in [1.54, 1.807) is 0 Å². The highest BCUT2D eigenvalue weighted by molar-refractivity contribution is 6.13. The van der Waals surface area contributed by atoms with Crippen LogP contribution in [0.4, 0.5) is 0 Å². The fraction of sp³-hybridized carbons (Fsp3) is 0. The van der Waals surface area contributed by atoms with Crippen LogP contribution in [-0.4, -0.2) is 15.0 Å². The second kappa shape index (κ2) is 11.2. The first-order chi connectivity index (χ1) is 34.5. The maximum absolute atomic E-state index is 9.78. The highest BCUT2D eigenvalue weighted by Gasteiger charge is 2.19. The van der Waals surface area contributed by atoms with Crippen molar-refractivity contribution in [3.63, 3.8) is 0 Å². The Morgan fingerprint density at radius 3 is 1.62 bits per heavy atom. The van der Waals surface area contributed by atoms with Crippen LogP contribution in [0.15, 0.2) is 168 Å². The van der Waals surface area contributed by atoms with Crippen LogP contribution in [0.5, 0.6) is 0 Å². The van der Waals surface area contributed by atoms with E-state index in [9.17, 15) is 8.22 Å². The number of fused-ring (bicyclic) bond motifs is 4. The standard InChI is InChI=1S/C43H27N3O/c1-4-12-28(13-5-1)31-20-21-33-25-34(23-22-32(33)24-31)42-44-41(30-16-8-3-9-17-30)45-43(46-42)37-26-35(29-14-6-2-7-15-29)27-39-40(37)36-18-10-11-19-38(36)47-39/h1-27H/i1D,2D,3D,4D,5D,6D,7D,8D,9D,10D,11D,12D,13D,14D,15D,16D,17D,18D,19D,20D,21D,22D,23D,24D,25D,26D,27D. The summed E-state index contributed by atoms with van der Waals surface area (Å²) in [5.74, 6) is -2.67. The van der Waals surface area contributed by atoms with E-state index in [2.05, 4.69) is 15.0 Å². The molecule has 0 aliphatic rings. The van der Waals surface area contributed by atoms with E-state index in [1.165, 1.54) is 0 Å². The Bertz CT molecular complexity index is 4030. The van der Waals surface area contributed by atoms with Gasteiger partial charge in [0.1, 0.15) is 11.2 Å². The summed E-state index contributed by atoms with van der Waals surface area (Å²) in [4.78, 5) is 13.2. The quantitative estimate of drug-likeness (QED) is 0.190. The average Bonchev–Trinajstić information content (AvgIpc) is 3.77. The van der Waals surface area contributed by atoms with Crippen LogP contribution in [0, 0.1) is 0 Å². The van der Waals surface area contributed by atoms with Crippen LogP contribution in [-0.2, 0) is 0 Å².